The first-order valence-corrected chi connectivity index (χ1v) is 10.8. The van der Waals surface area contributed by atoms with Gasteiger partial charge < -0.3 is 10.1 Å². The lowest BCUT2D eigenvalue weighted by Gasteiger charge is -2.56. The van der Waals surface area contributed by atoms with Crippen molar-refractivity contribution < 1.29 is 14.3 Å². The molecule has 1 aromatic rings. The van der Waals surface area contributed by atoms with Gasteiger partial charge in [0.25, 0.3) is 5.91 Å². The van der Waals surface area contributed by atoms with Gasteiger partial charge in [-0.2, -0.15) is 0 Å². The van der Waals surface area contributed by atoms with Gasteiger partial charge in [0.05, 0.1) is 5.75 Å². The van der Waals surface area contributed by atoms with Crippen molar-refractivity contribution in [3.05, 3.63) is 17.5 Å². The van der Waals surface area contributed by atoms with E-state index >= 15 is 0 Å². The number of rotatable bonds is 6. The first-order valence-electron chi connectivity index (χ1n) is 9.81. The molecule has 0 aromatic carbocycles. The molecule has 1 amide bonds. The molecule has 0 atom stereocenters. The number of amides is 1. The van der Waals surface area contributed by atoms with Crippen LogP contribution in [0.4, 0.5) is 0 Å². The molecule has 0 spiro atoms. The van der Waals surface area contributed by atoms with Crippen molar-refractivity contribution in [3.63, 3.8) is 0 Å². The van der Waals surface area contributed by atoms with E-state index in [0.717, 1.165) is 48.4 Å². The number of ether oxygens (including phenoxy) is 1. The van der Waals surface area contributed by atoms with Crippen molar-refractivity contribution in [2.75, 3.05) is 12.4 Å². The molecule has 4 aliphatic rings. The number of hydrogen-bond acceptors (Lipinski definition) is 6. The normalized spacial score (nSPS) is 31.0. The zero-order valence-corrected chi connectivity index (χ0v) is 16.8. The number of nitrogens with one attached hydrogen (secondary N) is 1. The molecule has 4 bridgehead atoms. The van der Waals surface area contributed by atoms with Gasteiger partial charge >= 0.3 is 5.97 Å². The quantitative estimate of drug-likeness (QED) is 0.458. The maximum absolute atomic E-state index is 12.4. The Bertz CT molecular complexity index is 696. The van der Waals surface area contributed by atoms with Gasteiger partial charge in [-0.15, -0.1) is 0 Å². The van der Waals surface area contributed by atoms with Crippen molar-refractivity contribution in [3.8, 4) is 0 Å². The number of nitrogens with zero attached hydrogens (tertiary/aromatic N) is 2. The van der Waals surface area contributed by atoms with Gasteiger partial charge in [-0.1, -0.05) is 11.8 Å². The molecule has 4 fully saturated rings. The molecule has 6 nitrogen and oxygen atoms in total. The van der Waals surface area contributed by atoms with Crippen molar-refractivity contribution >= 4 is 23.6 Å². The molecule has 5 rings (SSSR count). The van der Waals surface area contributed by atoms with Crippen LogP contribution < -0.4 is 5.32 Å². The van der Waals surface area contributed by atoms with Gasteiger partial charge in [-0.3, -0.25) is 9.59 Å². The summed E-state index contributed by atoms with van der Waals surface area (Å²) in [5.74, 6) is 1.84. The average molecular weight is 390 g/mol. The van der Waals surface area contributed by atoms with Crippen LogP contribution in [-0.4, -0.2) is 39.7 Å². The van der Waals surface area contributed by atoms with Crippen molar-refractivity contribution in [2.45, 2.75) is 63.1 Å². The van der Waals surface area contributed by atoms with E-state index in [-0.39, 0.29) is 23.8 Å². The number of aromatic nitrogens is 2. The van der Waals surface area contributed by atoms with Crippen LogP contribution in [0.15, 0.2) is 11.2 Å². The third-order valence-electron chi connectivity index (χ3n) is 6.09. The summed E-state index contributed by atoms with van der Waals surface area (Å²) in [7, 11) is 0. The van der Waals surface area contributed by atoms with E-state index in [2.05, 4.69) is 15.3 Å². The second-order valence-electron chi connectivity index (χ2n) is 8.63. The highest BCUT2D eigenvalue weighted by molar-refractivity contribution is 7.99. The highest BCUT2D eigenvalue weighted by Gasteiger charge is 2.51. The largest absolute Gasteiger partial charge is 0.455 e. The smallest absolute Gasteiger partial charge is 0.316 e. The van der Waals surface area contributed by atoms with E-state index in [1.54, 1.807) is 0 Å². The number of carbonyl (C=O) groups is 2. The Kier molecular flexibility index (Phi) is 5.14. The minimum absolute atomic E-state index is 0.0417. The van der Waals surface area contributed by atoms with Gasteiger partial charge in [0, 0.05) is 16.9 Å². The summed E-state index contributed by atoms with van der Waals surface area (Å²) in [4.78, 5) is 32.9. The van der Waals surface area contributed by atoms with Crippen molar-refractivity contribution in [1.82, 2.24) is 15.3 Å². The molecule has 7 heteroatoms. The molecule has 0 radical (unpaired) electrons. The molecule has 0 saturated heterocycles. The van der Waals surface area contributed by atoms with Crippen molar-refractivity contribution in [2.24, 2.45) is 17.8 Å². The van der Waals surface area contributed by atoms with Gasteiger partial charge in [-0.05, 0) is 76.2 Å². The second kappa shape index (κ2) is 7.41. The van der Waals surface area contributed by atoms with Crippen LogP contribution >= 0.6 is 11.8 Å². The monoisotopic (exact) mass is 389 g/mol. The SMILES string of the molecule is Cc1cc(C)nc(SCC(=O)OCC(=O)NC23CC4CC(CC(C4)C2)C3)n1. The first-order chi connectivity index (χ1) is 12.9. The van der Waals surface area contributed by atoms with E-state index in [1.807, 2.05) is 19.9 Å². The van der Waals surface area contributed by atoms with Crippen molar-refractivity contribution in [1.29, 1.82) is 0 Å². The highest BCUT2D eigenvalue weighted by Crippen LogP contribution is 2.55. The molecule has 4 aliphatic carbocycles. The Balaban J connectivity index is 1.23. The summed E-state index contributed by atoms with van der Waals surface area (Å²) in [6.45, 7) is 3.59. The molecule has 27 heavy (non-hydrogen) atoms. The molecule has 146 valence electrons. The predicted octanol–water partition coefficient (Wildman–Crippen LogP) is 2.81. The standard InChI is InChI=1S/C20H27N3O3S/c1-12-3-13(2)22-19(21-12)27-11-18(25)26-10-17(24)23-20-7-14-4-15(8-20)6-16(5-14)9-20/h3,14-16H,4-11H2,1-2H3,(H,23,24). The minimum Gasteiger partial charge on any atom is -0.455 e. The lowest BCUT2D eigenvalue weighted by molar-refractivity contribution is -0.147. The van der Waals surface area contributed by atoms with Gasteiger partial charge in [0.15, 0.2) is 11.8 Å². The second-order valence-corrected chi connectivity index (χ2v) is 9.57. The summed E-state index contributed by atoms with van der Waals surface area (Å²) in [6, 6.07) is 1.89. The summed E-state index contributed by atoms with van der Waals surface area (Å²) in [6.07, 6.45) is 7.29. The van der Waals surface area contributed by atoms with Crippen LogP contribution in [0, 0.1) is 31.6 Å². The Morgan fingerprint density at radius 1 is 1.11 bits per heavy atom. The Labute approximate surface area is 164 Å². The van der Waals surface area contributed by atoms with Crippen LogP contribution in [0.5, 0.6) is 0 Å². The van der Waals surface area contributed by atoms with Crippen LogP contribution in [0.1, 0.15) is 49.9 Å². The van der Waals surface area contributed by atoms with Gasteiger partial charge in [0.1, 0.15) is 0 Å². The van der Waals surface area contributed by atoms with E-state index in [4.69, 9.17) is 4.74 Å². The van der Waals surface area contributed by atoms with Crippen LogP contribution in [-0.2, 0) is 14.3 Å². The Hall–Kier alpha value is -1.63. The fourth-order valence-corrected chi connectivity index (χ4v) is 6.41. The van der Waals surface area contributed by atoms with Crippen LogP contribution in [0.3, 0.4) is 0 Å². The molecule has 0 aliphatic heterocycles. The minimum atomic E-state index is -0.413. The first kappa shape index (κ1) is 18.7. The Morgan fingerprint density at radius 3 is 2.22 bits per heavy atom. The zero-order chi connectivity index (χ0) is 19.0. The number of aryl methyl sites for hydroxylation is 2. The van der Waals surface area contributed by atoms with E-state index in [1.165, 1.54) is 31.0 Å². The molecule has 1 heterocycles. The van der Waals surface area contributed by atoms with Gasteiger partial charge in [-0.25, -0.2) is 9.97 Å². The van der Waals surface area contributed by atoms with E-state index in [0.29, 0.717) is 5.16 Å². The highest BCUT2D eigenvalue weighted by atomic mass is 32.2. The summed E-state index contributed by atoms with van der Waals surface area (Å²) < 4.78 is 5.17. The fraction of sp³-hybridized carbons (Fsp3) is 0.700. The van der Waals surface area contributed by atoms with Crippen LogP contribution in [0.2, 0.25) is 0 Å². The molecule has 1 aromatic heterocycles. The molecular formula is C20H27N3O3S. The van der Waals surface area contributed by atoms with Crippen LogP contribution in [0.25, 0.3) is 0 Å². The zero-order valence-electron chi connectivity index (χ0n) is 16.0. The summed E-state index contributed by atoms with van der Waals surface area (Å²) >= 11 is 1.23. The third kappa shape index (κ3) is 4.45. The van der Waals surface area contributed by atoms with Gasteiger partial charge in [0.2, 0.25) is 0 Å². The number of esters is 1. The predicted molar refractivity (Wildman–Crippen MR) is 102 cm³/mol. The topological polar surface area (TPSA) is 81.2 Å². The average Bonchev–Trinajstić information content (AvgIpc) is 2.55. The maximum Gasteiger partial charge on any atom is 0.316 e. The molecule has 1 N–H and O–H groups in total. The number of hydrogen-bond donors (Lipinski definition) is 1. The molecule has 0 unspecified atom stereocenters. The lowest BCUT2D eigenvalue weighted by Crippen LogP contribution is -2.60. The number of thioether (sulfide) groups is 1. The lowest BCUT2D eigenvalue weighted by atomic mass is 9.53. The van der Waals surface area contributed by atoms with E-state index in [9.17, 15) is 9.59 Å². The molecular weight excluding hydrogens is 362 g/mol. The Morgan fingerprint density at radius 2 is 1.67 bits per heavy atom. The summed E-state index contributed by atoms with van der Waals surface area (Å²) in [5.41, 5.74) is 1.70. The maximum atomic E-state index is 12.4. The number of carbonyl (C=O) groups excluding carboxylic acids is 2. The third-order valence-corrected chi connectivity index (χ3v) is 6.91. The molecule has 4 saturated carbocycles. The fourth-order valence-electron chi connectivity index (χ4n) is 5.66. The van der Waals surface area contributed by atoms with E-state index < -0.39 is 5.97 Å². The summed E-state index contributed by atoms with van der Waals surface area (Å²) in [5, 5.41) is 3.78.